The highest BCUT2D eigenvalue weighted by Crippen LogP contribution is 2.18. The summed E-state index contributed by atoms with van der Waals surface area (Å²) in [4.78, 5) is 87.1. The number of para-hydroxylation sites is 1. The Morgan fingerprint density at radius 1 is 0.775 bits per heavy atom. The molecule has 2 rings (SSSR count). The molecule has 0 radical (unpaired) electrons. The van der Waals surface area contributed by atoms with E-state index in [0.717, 1.165) is 16.5 Å². The van der Waals surface area contributed by atoms with E-state index in [2.05, 4.69) is 15.6 Å². The summed E-state index contributed by atoms with van der Waals surface area (Å²) in [6.07, 6.45) is -0.325. The van der Waals surface area contributed by atoms with E-state index in [9.17, 15) is 38.7 Å². The molecule has 0 saturated heterocycles. The molecule has 1 aromatic heterocycles. The van der Waals surface area contributed by atoms with Gasteiger partial charge in [-0.3, -0.25) is 28.8 Å². The third-order valence-corrected chi connectivity index (χ3v) is 5.82. The largest absolute Gasteiger partial charge is 0.480 e. The first kappa shape index (κ1) is 31.2. The van der Waals surface area contributed by atoms with Crippen molar-refractivity contribution < 1.29 is 38.7 Å². The van der Waals surface area contributed by atoms with Crippen LogP contribution >= 0.6 is 0 Å². The average molecular weight is 561 g/mol. The average Bonchev–Trinajstić information content (AvgIpc) is 3.27. The summed E-state index contributed by atoms with van der Waals surface area (Å²) < 4.78 is 0. The number of primary amides is 3. The molecular weight excluding hydrogens is 528 g/mol. The molecule has 1 heterocycles. The van der Waals surface area contributed by atoms with Gasteiger partial charge in [-0.2, -0.15) is 0 Å². The fraction of sp³-hybridized carbons (Fsp3) is 0.375. The molecule has 0 bridgehead atoms. The minimum atomic E-state index is -1.75. The quantitative estimate of drug-likeness (QED) is 0.0986. The molecule has 0 aliphatic carbocycles. The molecule has 40 heavy (non-hydrogen) atoms. The second-order valence-electron chi connectivity index (χ2n) is 9.04. The maximum atomic E-state index is 13.1. The highest BCUT2D eigenvalue weighted by atomic mass is 16.4. The molecule has 0 aliphatic rings. The first-order valence-electron chi connectivity index (χ1n) is 12.1. The smallest absolute Gasteiger partial charge is 0.326 e. The number of nitrogens with two attached hydrogens (primary N) is 4. The number of rotatable bonds is 16. The molecule has 2 aromatic rings. The van der Waals surface area contributed by atoms with Crippen LogP contribution in [0.4, 0.5) is 0 Å². The molecule has 16 nitrogen and oxygen atoms in total. The van der Waals surface area contributed by atoms with Gasteiger partial charge in [-0.1, -0.05) is 18.2 Å². The Labute approximate surface area is 227 Å². The van der Waals surface area contributed by atoms with Crippen LogP contribution in [0.2, 0.25) is 0 Å². The molecule has 13 N–H and O–H groups in total. The first-order chi connectivity index (χ1) is 18.8. The van der Waals surface area contributed by atoms with Crippen molar-refractivity contribution in [3.63, 3.8) is 0 Å². The van der Waals surface area contributed by atoms with Crippen molar-refractivity contribution in [2.75, 3.05) is 0 Å². The van der Waals surface area contributed by atoms with Crippen LogP contribution in [0.25, 0.3) is 10.9 Å². The second kappa shape index (κ2) is 14.2. The van der Waals surface area contributed by atoms with Gasteiger partial charge in [0.1, 0.15) is 18.1 Å². The lowest BCUT2D eigenvalue weighted by Gasteiger charge is -2.24. The molecule has 0 saturated carbocycles. The van der Waals surface area contributed by atoms with Gasteiger partial charge in [-0.15, -0.1) is 0 Å². The van der Waals surface area contributed by atoms with Crippen LogP contribution < -0.4 is 38.9 Å². The number of hydrogen-bond donors (Lipinski definition) is 9. The standard InChI is InChI=1S/C24H32N8O8/c25-13(7-11-10-29-14-4-2-1-3-12(11)14)21(36)30-15(5-6-18(26)33)22(37)31-16(8-19(27)34)23(38)32-17(24(39)40)9-20(28)35/h1-4,10,13,15-17,29H,5-9,25H2,(H2,26,33)(H2,27,34)(H2,28,35)(H,30,36)(H,31,37)(H,32,38)(H,39,40). The van der Waals surface area contributed by atoms with E-state index < -0.39 is 78.4 Å². The Morgan fingerprint density at radius 3 is 1.93 bits per heavy atom. The highest BCUT2D eigenvalue weighted by Gasteiger charge is 2.32. The number of fused-ring (bicyclic) bond motifs is 1. The van der Waals surface area contributed by atoms with E-state index in [1.165, 1.54) is 0 Å². The lowest BCUT2D eigenvalue weighted by Crippen LogP contribution is -2.58. The fourth-order valence-electron chi connectivity index (χ4n) is 3.82. The predicted molar refractivity (Wildman–Crippen MR) is 139 cm³/mol. The van der Waals surface area contributed by atoms with E-state index in [1.54, 1.807) is 6.20 Å². The Kier molecular flexibility index (Phi) is 11.1. The minimum absolute atomic E-state index is 0.100. The SMILES string of the molecule is NC(=O)CCC(NC(=O)C(N)Cc1c[nH]c2ccccc12)C(=O)NC(CC(N)=O)C(=O)NC(CC(N)=O)C(=O)O. The zero-order chi connectivity index (χ0) is 30.0. The maximum absolute atomic E-state index is 13.1. The van der Waals surface area contributed by atoms with Gasteiger partial charge in [-0.05, 0) is 24.5 Å². The summed E-state index contributed by atoms with van der Waals surface area (Å²) in [5.74, 6) is -7.33. The van der Waals surface area contributed by atoms with Gasteiger partial charge in [0.15, 0.2) is 0 Å². The van der Waals surface area contributed by atoms with Crippen LogP contribution in [0.3, 0.4) is 0 Å². The minimum Gasteiger partial charge on any atom is -0.480 e. The van der Waals surface area contributed by atoms with Gasteiger partial charge in [0.05, 0.1) is 18.9 Å². The summed E-state index contributed by atoms with van der Waals surface area (Å²) in [6, 6.07) is 1.38. The zero-order valence-corrected chi connectivity index (χ0v) is 21.3. The molecule has 0 spiro atoms. The maximum Gasteiger partial charge on any atom is 0.326 e. The van der Waals surface area contributed by atoms with Crippen LogP contribution in [0.1, 0.15) is 31.2 Å². The second-order valence-corrected chi connectivity index (χ2v) is 9.04. The van der Waals surface area contributed by atoms with Crippen LogP contribution in [0.5, 0.6) is 0 Å². The number of aromatic nitrogens is 1. The van der Waals surface area contributed by atoms with Crippen molar-refractivity contribution in [1.29, 1.82) is 0 Å². The number of amides is 6. The number of nitrogens with one attached hydrogen (secondary N) is 4. The normalized spacial score (nSPS) is 13.8. The van der Waals surface area contributed by atoms with Crippen LogP contribution in [0.15, 0.2) is 30.5 Å². The number of carbonyl (C=O) groups is 7. The van der Waals surface area contributed by atoms with Gasteiger partial charge in [0.2, 0.25) is 35.4 Å². The van der Waals surface area contributed by atoms with Crippen LogP contribution in [0, 0.1) is 0 Å². The fourth-order valence-corrected chi connectivity index (χ4v) is 3.82. The number of hydrogen-bond acceptors (Lipinski definition) is 8. The van der Waals surface area contributed by atoms with Crippen molar-refractivity contribution in [1.82, 2.24) is 20.9 Å². The Balaban J connectivity index is 2.17. The third kappa shape index (κ3) is 9.39. The van der Waals surface area contributed by atoms with E-state index >= 15 is 0 Å². The lowest BCUT2D eigenvalue weighted by atomic mass is 10.0. The first-order valence-corrected chi connectivity index (χ1v) is 12.1. The van der Waals surface area contributed by atoms with Gasteiger partial charge in [0, 0.05) is 23.5 Å². The molecule has 0 fully saturated rings. The highest BCUT2D eigenvalue weighted by molar-refractivity contribution is 5.97. The Morgan fingerprint density at radius 2 is 1.32 bits per heavy atom. The van der Waals surface area contributed by atoms with Crippen molar-refractivity contribution in [2.45, 2.75) is 56.3 Å². The number of benzene rings is 1. The van der Waals surface area contributed by atoms with Crippen LogP contribution in [-0.2, 0) is 40.0 Å². The van der Waals surface area contributed by atoms with Crippen molar-refractivity contribution in [3.05, 3.63) is 36.0 Å². The van der Waals surface area contributed by atoms with Crippen molar-refractivity contribution in [3.8, 4) is 0 Å². The predicted octanol–water partition coefficient (Wildman–Crippen LogP) is -3.41. The molecule has 216 valence electrons. The number of carboxylic acid groups (broad SMARTS) is 1. The monoisotopic (exact) mass is 560 g/mol. The summed E-state index contributed by atoms with van der Waals surface area (Å²) in [5.41, 5.74) is 23.0. The molecule has 16 heteroatoms. The van der Waals surface area contributed by atoms with E-state index in [1.807, 2.05) is 29.6 Å². The van der Waals surface area contributed by atoms with Gasteiger partial charge in [-0.25, -0.2) is 4.79 Å². The Bertz CT molecular complexity index is 1290. The van der Waals surface area contributed by atoms with Gasteiger partial charge in [0.25, 0.3) is 0 Å². The van der Waals surface area contributed by atoms with Gasteiger partial charge >= 0.3 is 5.97 Å². The van der Waals surface area contributed by atoms with Gasteiger partial charge < -0.3 is 49.0 Å². The van der Waals surface area contributed by atoms with E-state index in [0.29, 0.717) is 0 Å². The number of carbonyl (C=O) groups excluding carboxylic acids is 6. The third-order valence-electron chi connectivity index (χ3n) is 5.82. The summed E-state index contributed by atoms with van der Waals surface area (Å²) in [6.45, 7) is 0. The van der Waals surface area contributed by atoms with E-state index in [-0.39, 0.29) is 19.3 Å². The molecule has 0 aliphatic heterocycles. The number of H-pyrrole nitrogens is 1. The number of aliphatic carboxylic acids is 1. The molecule has 4 atom stereocenters. The zero-order valence-electron chi connectivity index (χ0n) is 21.3. The van der Waals surface area contributed by atoms with E-state index in [4.69, 9.17) is 22.9 Å². The molecular formula is C24H32N8O8. The number of aromatic amines is 1. The van der Waals surface area contributed by atoms with Crippen molar-refractivity contribution in [2.24, 2.45) is 22.9 Å². The topological polar surface area (TPSA) is 296 Å². The molecule has 4 unspecified atom stereocenters. The summed E-state index contributed by atoms with van der Waals surface area (Å²) in [5, 5.41) is 16.7. The molecule has 1 aromatic carbocycles. The van der Waals surface area contributed by atoms with Crippen molar-refractivity contribution >= 4 is 52.3 Å². The van der Waals surface area contributed by atoms with Crippen LogP contribution in [-0.4, -0.2) is 75.7 Å². The summed E-state index contributed by atoms with van der Waals surface area (Å²) >= 11 is 0. The Hall–Kier alpha value is -4.99. The molecule has 6 amide bonds. The lowest BCUT2D eigenvalue weighted by molar-refractivity contribution is -0.144. The number of carboxylic acids is 1. The summed E-state index contributed by atoms with van der Waals surface area (Å²) in [7, 11) is 0.